The van der Waals surface area contributed by atoms with Gasteiger partial charge in [0.1, 0.15) is 0 Å². The molecule has 1 N–H and O–H groups in total. The Labute approximate surface area is 122 Å². The Morgan fingerprint density at radius 2 is 1.52 bits per heavy atom. The van der Waals surface area contributed by atoms with Gasteiger partial charge in [-0.3, -0.25) is 0 Å². The van der Waals surface area contributed by atoms with Gasteiger partial charge in [0, 0.05) is 0 Å². The number of aryl methyl sites for hydroxylation is 2. The van der Waals surface area contributed by atoms with Crippen LogP contribution >= 0.6 is 0 Å². The maximum absolute atomic E-state index is 13.5. The molecule has 0 heterocycles. The second kappa shape index (κ2) is 6.31. The molecule has 1 atom stereocenters. The summed E-state index contributed by atoms with van der Waals surface area (Å²) < 4.78 is 40.0. The van der Waals surface area contributed by atoms with Gasteiger partial charge in [-0.15, -0.1) is 0 Å². The van der Waals surface area contributed by atoms with E-state index in [4.69, 9.17) is 0 Å². The number of nitrogens with one attached hydrogen (secondary N) is 1. The molecular weight excluding hydrogens is 275 g/mol. The van der Waals surface area contributed by atoms with Crippen molar-refractivity contribution in [1.29, 1.82) is 0 Å². The lowest BCUT2D eigenvalue weighted by Crippen LogP contribution is -2.22. The van der Waals surface area contributed by atoms with Crippen molar-refractivity contribution >= 4 is 0 Å². The third kappa shape index (κ3) is 3.27. The number of rotatable bonds is 4. The van der Waals surface area contributed by atoms with Crippen LogP contribution in [-0.4, -0.2) is 6.54 Å². The zero-order valence-corrected chi connectivity index (χ0v) is 12.3. The summed E-state index contributed by atoms with van der Waals surface area (Å²) in [5.41, 5.74) is 3.51. The quantitative estimate of drug-likeness (QED) is 0.823. The zero-order valence-electron chi connectivity index (χ0n) is 12.3. The van der Waals surface area contributed by atoms with Gasteiger partial charge in [-0.25, -0.2) is 13.2 Å². The highest BCUT2D eigenvalue weighted by Crippen LogP contribution is 2.26. The first-order valence-electron chi connectivity index (χ1n) is 6.89. The standard InChI is InChI=1S/C17H18F3N/c1-4-21-17(12-6-5-10(2)11(3)7-12)13-8-14(18)16(20)15(19)9-13/h5-9,17,21H,4H2,1-3H3. The van der Waals surface area contributed by atoms with Crippen LogP contribution in [0.15, 0.2) is 30.3 Å². The summed E-state index contributed by atoms with van der Waals surface area (Å²) in [5, 5.41) is 3.18. The van der Waals surface area contributed by atoms with Crippen LogP contribution in [0.25, 0.3) is 0 Å². The molecule has 112 valence electrons. The van der Waals surface area contributed by atoms with E-state index in [2.05, 4.69) is 5.32 Å². The van der Waals surface area contributed by atoms with Crippen molar-refractivity contribution in [3.05, 3.63) is 70.0 Å². The summed E-state index contributed by atoms with van der Waals surface area (Å²) in [5.74, 6) is -3.78. The van der Waals surface area contributed by atoms with E-state index in [-0.39, 0.29) is 6.04 Å². The van der Waals surface area contributed by atoms with E-state index in [1.54, 1.807) is 0 Å². The monoisotopic (exact) mass is 293 g/mol. The van der Waals surface area contributed by atoms with Crippen LogP contribution in [0.2, 0.25) is 0 Å². The van der Waals surface area contributed by atoms with Gasteiger partial charge >= 0.3 is 0 Å². The molecule has 2 aromatic rings. The van der Waals surface area contributed by atoms with Crippen molar-refractivity contribution in [2.45, 2.75) is 26.8 Å². The molecule has 0 amide bonds. The van der Waals surface area contributed by atoms with Crippen LogP contribution in [-0.2, 0) is 0 Å². The maximum Gasteiger partial charge on any atom is 0.194 e. The second-order valence-electron chi connectivity index (χ2n) is 5.13. The molecule has 0 aliphatic rings. The van der Waals surface area contributed by atoms with Crippen molar-refractivity contribution in [2.75, 3.05) is 6.54 Å². The minimum Gasteiger partial charge on any atom is -0.307 e. The summed E-state index contributed by atoms with van der Waals surface area (Å²) in [6, 6.07) is 7.56. The normalized spacial score (nSPS) is 12.5. The van der Waals surface area contributed by atoms with E-state index in [0.717, 1.165) is 28.8 Å². The number of hydrogen-bond acceptors (Lipinski definition) is 1. The SMILES string of the molecule is CCNC(c1ccc(C)c(C)c1)c1cc(F)c(F)c(F)c1. The summed E-state index contributed by atoms with van der Waals surface area (Å²) in [4.78, 5) is 0. The molecule has 0 saturated carbocycles. The van der Waals surface area contributed by atoms with Crippen LogP contribution < -0.4 is 5.32 Å². The Kier molecular flexibility index (Phi) is 4.68. The van der Waals surface area contributed by atoms with E-state index < -0.39 is 17.5 Å². The minimum absolute atomic E-state index is 0.372. The summed E-state index contributed by atoms with van der Waals surface area (Å²) in [6.45, 7) is 6.51. The lowest BCUT2D eigenvalue weighted by Gasteiger charge is -2.20. The third-order valence-corrected chi connectivity index (χ3v) is 3.61. The minimum atomic E-state index is -1.44. The third-order valence-electron chi connectivity index (χ3n) is 3.61. The molecular formula is C17H18F3N. The van der Waals surface area contributed by atoms with Crippen LogP contribution in [0, 0.1) is 31.3 Å². The van der Waals surface area contributed by atoms with Gasteiger partial charge in [0.25, 0.3) is 0 Å². The molecule has 0 spiro atoms. The molecule has 0 aromatic heterocycles. The van der Waals surface area contributed by atoms with E-state index in [0.29, 0.717) is 12.1 Å². The van der Waals surface area contributed by atoms with Crippen molar-refractivity contribution in [2.24, 2.45) is 0 Å². The molecule has 1 unspecified atom stereocenters. The lowest BCUT2D eigenvalue weighted by atomic mass is 9.95. The first kappa shape index (κ1) is 15.6. The molecule has 0 bridgehead atoms. The van der Waals surface area contributed by atoms with Crippen LogP contribution in [0.1, 0.15) is 35.2 Å². The van der Waals surface area contributed by atoms with Crippen LogP contribution in [0.3, 0.4) is 0 Å². The summed E-state index contributed by atoms with van der Waals surface area (Å²) in [6.07, 6.45) is 0. The van der Waals surface area contributed by atoms with Gasteiger partial charge in [-0.2, -0.15) is 0 Å². The van der Waals surface area contributed by atoms with E-state index >= 15 is 0 Å². The average molecular weight is 293 g/mol. The largest absolute Gasteiger partial charge is 0.307 e. The molecule has 4 heteroatoms. The highest BCUT2D eigenvalue weighted by Gasteiger charge is 2.18. The molecule has 2 aromatic carbocycles. The number of halogens is 3. The lowest BCUT2D eigenvalue weighted by molar-refractivity contribution is 0.442. The topological polar surface area (TPSA) is 12.0 Å². The molecule has 0 fully saturated rings. The van der Waals surface area contributed by atoms with Crippen LogP contribution in [0.5, 0.6) is 0 Å². The summed E-state index contributed by atoms with van der Waals surface area (Å²) in [7, 11) is 0. The smallest absolute Gasteiger partial charge is 0.194 e. The van der Waals surface area contributed by atoms with Gasteiger partial charge in [0.05, 0.1) is 6.04 Å². The molecule has 1 nitrogen and oxygen atoms in total. The highest BCUT2D eigenvalue weighted by atomic mass is 19.2. The first-order valence-corrected chi connectivity index (χ1v) is 6.89. The van der Waals surface area contributed by atoms with Crippen molar-refractivity contribution in [1.82, 2.24) is 5.32 Å². The maximum atomic E-state index is 13.5. The second-order valence-corrected chi connectivity index (χ2v) is 5.13. The molecule has 0 radical (unpaired) electrons. The Morgan fingerprint density at radius 1 is 0.905 bits per heavy atom. The van der Waals surface area contributed by atoms with Crippen molar-refractivity contribution in [3.8, 4) is 0 Å². The van der Waals surface area contributed by atoms with E-state index in [1.807, 2.05) is 39.0 Å². The average Bonchev–Trinajstić information content (AvgIpc) is 2.45. The molecule has 0 aliphatic carbocycles. The van der Waals surface area contributed by atoms with Crippen molar-refractivity contribution < 1.29 is 13.2 Å². The fourth-order valence-electron chi connectivity index (χ4n) is 2.32. The molecule has 0 aliphatic heterocycles. The van der Waals surface area contributed by atoms with Gasteiger partial charge in [0.2, 0.25) is 0 Å². The van der Waals surface area contributed by atoms with Gasteiger partial charge in [0.15, 0.2) is 17.5 Å². The number of benzene rings is 2. The van der Waals surface area contributed by atoms with E-state index in [1.165, 1.54) is 0 Å². The molecule has 21 heavy (non-hydrogen) atoms. The Balaban J connectivity index is 2.50. The molecule has 0 saturated heterocycles. The van der Waals surface area contributed by atoms with Gasteiger partial charge in [-0.05, 0) is 54.8 Å². The fraction of sp³-hybridized carbons (Fsp3) is 0.294. The van der Waals surface area contributed by atoms with Gasteiger partial charge in [-0.1, -0.05) is 25.1 Å². The predicted molar refractivity (Wildman–Crippen MR) is 77.8 cm³/mol. The van der Waals surface area contributed by atoms with Gasteiger partial charge < -0.3 is 5.32 Å². The molecule has 2 rings (SSSR count). The fourth-order valence-corrected chi connectivity index (χ4v) is 2.32. The zero-order chi connectivity index (χ0) is 15.6. The Morgan fingerprint density at radius 3 is 2.05 bits per heavy atom. The summed E-state index contributed by atoms with van der Waals surface area (Å²) >= 11 is 0. The Bertz CT molecular complexity index is 629. The predicted octanol–water partition coefficient (Wildman–Crippen LogP) is 4.42. The van der Waals surface area contributed by atoms with E-state index in [9.17, 15) is 13.2 Å². The first-order chi connectivity index (χ1) is 9.93. The number of hydrogen-bond donors (Lipinski definition) is 1. The van der Waals surface area contributed by atoms with Crippen molar-refractivity contribution in [3.63, 3.8) is 0 Å². The Hall–Kier alpha value is -1.81. The van der Waals surface area contributed by atoms with Crippen LogP contribution in [0.4, 0.5) is 13.2 Å². The highest BCUT2D eigenvalue weighted by molar-refractivity contribution is 5.37.